The Morgan fingerprint density at radius 2 is 0.967 bits per heavy atom. The number of ether oxygens (including phenoxy) is 2. The van der Waals surface area contributed by atoms with Crippen LogP contribution in [0.15, 0.2) is 24.3 Å². The van der Waals surface area contributed by atoms with Gasteiger partial charge in [0.05, 0.1) is 24.3 Å². The Hall–Kier alpha value is -1.11. The van der Waals surface area contributed by atoms with Crippen molar-refractivity contribution in [2.75, 3.05) is 13.2 Å². The first-order chi connectivity index (χ1) is 13.7. The summed E-state index contributed by atoms with van der Waals surface area (Å²) in [5.74, 6) is -0.888. The van der Waals surface area contributed by atoms with Crippen LogP contribution >= 0.6 is 0 Å². The Kier molecular flexibility index (Phi) is 21.9. The maximum absolute atomic E-state index is 12.4. The first-order valence-corrected chi connectivity index (χ1v) is 11.1. The zero-order valence-electron chi connectivity index (χ0n) is 19.0. The van der Waals surface area contributed by atoms with E-state index in [4.69, 9.17) is 9.47 Å². The first kappa shape index (κ1) is 31.1. The molecular weight excluding hydrogens is 393 g/mol. The Balaban J connectivity index is 0. The molecule has 0 saturated carbocycles. The summed E-state index contributed by atoms with van der Waals surface area (Å²) >= 11 is 0. The summed E-state index contributed by atoms with van der Waals surface area (Å²) in [6.45, 7) is 5.17. The zero-order valence-corrected chi connectivity index (χ0v) is 20.4. The van der Waals surface area contributed by atoms with E-state index in [2.05, 4.69) is 13.8 Å². The molecule has 0 heterocycles. The number of rotatable bonds is 16. The van der Waals surface area contributed by atoms with E-state index < -0.39 is 11.9 Å². The van der Waals surface area contributed by atoms with Crippen LogP contribution < -0.4 is 0 Å². The molecule has 0 N–H and O–H groups in total. The number of hydrogen-bond donors (Lipinski definition) is 0. The van der Waals surface area contributed by atoms with E-state index in [9.17, 15) is 9.59 Å². The minimum absolute atomic E-state index is 0. The van der Waals surface area contributed by atoms with E-state index in [-0.39, 0.29) is 28.5 Å². The summed E-state index contributed by atoms with van der Waals surface area (Å²) in [4.78, 5) is 24.7. The Bertz CT molecular complexity index is 513. The molecule has 5 nitrogen and oxygen atoms in total. The van der Waals surface area contributed by atoms with E-state index >= 15 is 0 Å². The van der Waals surface area contributed by atoms with Crippen LogP contribution in [0.25, 0.3) is 0 Å². The molecule has 0 bridgehead atoms. The molecule has 1 rings (SSSR count). The molecule has 0 aliphatic heterocycles. The number of hydrogen-bond acceptors (Lipinski definition) is 4. The number of benzene rings is 1. The van der Waals surface area contributed by atoms with Gasteiger partial charge in [0, 0.05) is 0 Å². The Morgan fingerprint density at radius 1 is 0.633 bits per heavy atom. The van der Waals surface area contributed by atoms with E-state index in [0.29, 0.717) is 24.3 Å². The summed E-state index contributed by atoms with van der Waals surface area (Å²) in [5.41, 5.74) is 0.586. The minimum atomic E-state index is -0.444. The third-order valence-electron chi connectivity index (χ3n) is 4.83. The normalized spacial score (nSPS) is 9.93. The van der Waals surface area contributed by atoms with Crippen LogP contribution in [-0.4, -0.2) is 48.2 Å². The molecule has 0 fully saturated rings. The molecule has 0 atom stereocenters. The second-order valence-electron chi connectivity index (χ2n) is 7.35. The smallest absolute Gasteiger partial charge is 2.00 e. The largest absolute Gasteiger partial charge is 2.00 e. The van der Waals surface area contributed by atoms with Crippen LogP contribution in [0.4, 0.5) is 0 Å². The van der Waals surface area contributed by atoms with Gasteiger partial charge in [0.25, 0.3) is 0 Å². The standard InChI is InChI=1S/C24H38O4.Mg.O/c1-3-5-7-9-11-15-19-27-23(25)21-17-13-14-18-22(21)24(26)28-20-16-12-10-8-6-4-2;;/h13-14,17-18H,3-12,15-16,19-20H2,1-2H3;;/q;+2;-2. The third-order valence-corrected chi connectivity index (χ3v) is 4.83. The van der Waals surface area contributed by atoms with Crippen LogP contribution in [0.5, 0.6) is 0 Å². The van der Waals surface area contributed by atoms with Crippen molar-refractivity contribution in [2.45, 2.75) is 90.9 Å². The van der Waals surface area contributed by atoms with Gasteiger partial charge in [-0.1, -0.05) is 90.2 Å². The second-order valence-corrected chi connectivity index (χ2v) is 7.35. The van der Waals surface area contributed by atoms with E-state index in [1.165, 1.54) is 51.4 Å². The van der Waals surface area contributed by atoms with Crippen molar-refractivity contribution >= 4 is 35.0 Å². The Labute approximate surface area is 198 Å². The molecule has 0 saturated heterocycles. The van der Waals surface area contributed by atoms with Crippen molar-refractivity contribution in [3.8, 4) is 0 Å². The van der Waals surface area contributed by atoms with Crippen LogP contribution in [0.1, 0.15) is 112 Å². The molecule has 0 unspecified atom stereocenters. The molecule has 1 aromatic carbocycles. The van der Waals surface area contributed by atoms with E-state index in [1.54, 1.807) is 24.3 Å². The van der Waals surface area contributed by atoms with Gasteiger partial charge in [-0.3, -0.25) is 0 Å². The van der Waals surface area contributed by atoms with Gasteiger partial charge < -0.3 is 14.9 Å². The molecular formula is C24H38MgO5. The molecule has 30 heavy (non-hydrogen) atoms. The molecule has 0 aliphatic rings. The van der Waals surface area contributed by atoms with Crippen molar-refractivity contribution in [2.24, 2.45) is 0 Å². The summed E-state index contributed by atoms with van der Waals surface area (Å²) in [7, 11) is 0. The first-order valence-electron chi connectivity index (χ1n) is 11.1. The maximum atomic E-state index is 12.4. The van der Waals surface area contributed by atoms with Gasteiger partial charge in [0.2, 0.25) is 0 Å². The predicted octanol–water partition coefficient (Wildman–Crippen LogP) is 6.22. The summed E-state index contributed by atoms with van der Waals surface area (Å²) in [5, 5.41) is 0. The average Bonchev–Trinajstić information content (AvgIpc) is 2.72. The number of carbonyl (C=O) groups excluding carboxylic acids is 2. The van der Waals surface area contributed by atoms with Gasteiger partial charge in [-0.05, 0) is 25.0 Å². The summed E-state index contributed by atoms with van der Waals surface area (Å²) in [6.07, 6.45) is 13.6. The summed E-state index contributed by atoms with van der Waals surface area (Å²) in [6, 6.07) is 6.74. The van der Waals surface area contributed by atoms with E-state index in [1.807, 2.05) is 0 Å². The van der Waals surface area contributed by atoms with Gasteiger partial charge in [-0.25, -0.2) is 9.59 Å². The van der Waals surface area contributed by atoms with Crippen molar-refractivity contribution in [3.05, 3.63) is 35.4 Å². The maximum Gasteiger partial charge on any atom is 2.00 e. The fourth-order valence-electron chi connectivity index (χ4n) is 3.09. The average molecular weight is 431 g/mol. The van der Waals surface area contributed by atoms with Gasteiger partial charge in [-0.15, -0.1) is 0 Å². The van der Waals surface area contributed by atoms with Gasteiger partial charge in [0.1, 0.15) is 0 Å². The number of unbranched alkanes of at least 4 members (excludes halogenated alkanes) is 10. The van der Waals surface area contributed by atoms with Gasteiger partial charge in [-0.2, -0.15) is 0 Å². The molecule has 0 radical (unpaired) electrons. The van der Waals surface area contributed by atoms with Crippen molar-refractivity contribution < 1.29 is 24.5 Å². The van der Waals surface area contributed by atoms with Crippen LogP contribution in [0.3, 0.4) is 0 Å². The zero-order chi connectivity index (χ0) is 20.5. The monoisotopic (exact) mass is 430 g/mol. The van der Waals surface area contributed by atoms with Crippen molar-refractivity contribution in [3.63, 3.8) is 0 Å². The van der Waals surface area contributed by atoms with Crippen molar-refractivity contribution in [1.29, 1.82) is 0 Å². The second kappa shape index (κ2) is 21.1. The van der Waals surface area contributed by atoms with Crippen LogP contribution in [0, 0.1) is 0 Å². The van der Waals surface area contributed by atoms with Gasteiger partial charge >= 0.3 is 35.0 Å². The molecule has 0 spiro atoms. The fourth-order valence-corrected chi connectivity index (χ4v) is 3.09. The molecule has 1 aromatic rings. The number of carbonyl (C=O) groups is 2. The molecule has 166 valence electrons. The van der Waals surface area contributed by atoms with Crippen LogP contribution in [-0.2, 0) is 14.9 Å². The topological polar surface area (TPSA) is 81.1 Å². The molecule has 0 amide bonds. The quantitative estimate of drug-likeness (QED) is 0.177. The Morgan fingerprint density at radius 3 is 1.33 bits per heavy atom. The third kappa shape index (κ3) is 14.0. The number of esters is 2. The molecule has 0 aliphatic carbocycles. The van der Waals surface area contributed by atoms with Crippen molar-refractivity contribution in [1.82, 2.24) is 0 Å². The SMILES string of the molecule is CCCCCCCCOC(=O)c1ccccc1C(=O)OCCCCCCCC.[Mg+2].[O-2]. The molecule has 0 aromatic heterocycles. The predicted molar refractivity (Wildman–Crippen MR) is 120 cm³/mol. The van der Waals surface area contributed by atoms with Crippen LogP contribution in [0.2, 0.25) is 0 Å². The fraction of sp³-hybridized carbons (Fsp3) is 0.667. The van der Waals surface area contributed by atoms with Gasteiger partial charge in [0.15, 0.2) is 0 Å². The minimum Gasteiger partial charge on any atom is -2.00 e. The van der Waals surface area contributed by atoms with E-state index in [0.717, 1.165) is 25.7 Å². The molecule has 6 heteroatoms. The summed E-state index contributed by atoms with van der Waals surface area (Å²) < 4.78 is 10.7.